The number of carbonyl (C=O) groups excluding carboxylic acids is 1. The highest BCUT2D eigenvalue weighted by molar-refractivity contribution is 7.80. The molecule has 29 heavy (non-hydrogen) atoms. The van der Waals surface area contributed by atoms with E-state index in [1.165, 1.54) is 18.6 Å². The molecule has 8 N–H and O–H groups in total. The zero-order chi connectivity index (χ0) is 23.1. The Bertz CT molecular complexity index is 643. The van der Waals surface area contributed by atoms with Crippen molar-refractivity contribution in [2.24, 2.45) is 17.2 Å². The van der Waals surface area contributed by atoms with E-state index >= 15 is 0 Å². The van der Waals surface area contributed by atoms with E-state index in [1.807, 2.05) is 30.3 Å². The maximum atomic E-state index is 11.9. The predicted molar refractivity (Wildman–Crippen MR) is 122 cm³/mol. The number of aliphatic hydroxyl groups is 2. The Labute approximate surface area is 181 Å². The van der Waals surface area contributed by atoms with Crippen molar-refractivity contribution in [1.29, 1.82) is 0 Å². The summed E-state index contributed by atoms with van der Waals surface area (Å²) in [6.45, 7) is 4.50. The van der Waals surface area contributed by atoms with E-state index in [9.17, 15) is 9.18 Å². The average Bonchev–Trinajstić information content (AvgIpc) is 2.62. The fraction of sp³-hybridized carbons (Fsp3) is 0.211. The van der Waals surface area contributed by atoms with Crippen molar-refractivity contribution in [2.75, 3.05) is 0 Å². The lowest BCUT2D eigenvalue weighted by Gasteiger charge is -1.99. The second kappa shape index (κ2) is 23.1. The Morgan fingerprint density at radius 1 is 0.897 bits per heavy atom. The van der Waals surface area contributed by atoms with Crippen LogP contribution in [0.25, 0.3) is 0 Å². The molecule has 0 spiro atoms. The van der Waals surface area contributed by atoms with Gasteiger partial charge in [-0.15, -0.1) is 0 Å². The number of amides is 1. The van der Waals surface area contributed by atoms with Gasteiger partial charge in [-0.3, -0.25) is 0 Å². The summed E-state index contributed by atoms with van der Waals surface area (Å²) < 4.78 is 16.5. The third-order valence-corrected chi connectivity index (χ3v) is 1.96. The Balaban J connectivity index is -0.000000324. The fourth-order valence-corrected chi connectivity index (χ4v) is 1.14. The van der Waals surface area contributed by atoms with Crippen LogP contribution < -0.4 is 17.2 Å². The monoisotopic (exact) mass is 445 g/mol. The summed E-state index contributed by atoms with van der Waals surface area (Å²) in [5, 5.41) is 14.1. The van der Waals surface area contributed by atoms with Gasteiger partial charge in [0.2, 0.25) is 0 Å². The largest absolute Gasteiger partial charge is 0.487 e. The van der Waals surface area contributed by atoms with E-state index in [0.29, 0.717) is 0 Å². The number of halogens is 1. The highest BCUT2D eigenvalue weighted by Gasteiger charge is 1.93. The fourth-order valence-electron chi connectivity index (χ4n) is 1.14. The summed E-state index contributed by atoms with van der Waals surface area (Å²) in [6, 6.07) is 17.3. The molecule has 0 aliphatic heterocycles. The molecular formula is C19H28FN3O4S2. The van der Waals surface area contributed by atoms with Crippen molar-refractivity contribution in [2.45, 2.75) is 26.9 Å². The molecule has 1 amide bonds. The van der Waals surface area contributed by atoms with Crippen LogP contribution in [0.5, 0.6) is 0 Å². The van der Waals surface area contributed by atoms with Gasteiger partial charge in [0.25, 0.3) is 10.3 Å². The molecule has 2 aromatic carbocycles. The van der Waals surface area contributed by atoms with Gasteiger partial charge >= 0.3 is 6.09 Å². The first-order valence-corrected chi connectivity index (χ1v) is 9.01. The first-order valence-electron chi connectivity index (χ1n) is 8.20. The molecule has 2 aromatic rings. The molecule has 0 unspecified atom stereocenters. The Hall–Kier alpha value is -2.98. The third-order valence-electron chi connectivity index (χ3n) is 1.96. The highest BCUT2D eigenvalue weighted by Crippen LogP contribution is 1.99. The van der Waals surface area contributed by atoms with Gasteiger partial charge in [0.05, 0.1) is 0 Å². The minimum Gasteiger partial charge on any atom is -0.487 e. The minimum absolute atomic E-state index is 0.178. The molecule has 0 aromatic heterocycles. The van der Waals surface area contributed by atoms with E-state index in [1.54, 1.807) is 18.2 Å². The molecule has 0 fully saturated rings. The number of primary amides is 1. The van der Waals surface area contributed by atoms with Gasteiger partial charge in [-0.2, -0.15) is 0 Å². The molecule has 0 heterocycles. The van der Waals surface area contributed by atoms with Crippen LogP contribution >= 0.6 is 24.4 Å². The second-order valence-electron chi connectivity index (χ2n) is 4.77. The lowest BCUT2D eigenvalue weighted by molar-refractivity contribution is 0.150. The van der Waals surface area contributed by atoms with Crippen LogP contribution in [-0.4, -0.2) is 26.7 Å². The molecule has 2 rings (SSSR count). The van der Waals surface area contributed by atoms with Crippen LogP contribution in [0.2, 0.25) is 0 Å². The van der Waals surface area contributed by atoms with Crippen molar-refractivity contribution >= 4 is 40.9 Å². The van der Waals surface area contributed by atoms with Crippen LogP contribution in [-0.2, 0) is 11.3 Å². The molecule has 0 radical (unpaired) electrons. The zero-order valence-corrected chi connectivity index (χ0v) is 18.0. The van der Waals surface area contributed by atoms with Crippen LogP contribution in [0.4, 0.5) is 9.18 Å². The van der Waals surface area contributed by atoms with E-state index < -0.39 is 16.4 Å². The third kappa shape index (κ3) is 40.8. The van der Waals surface area contributed by atoms with Gasteiger partial charge in [0.15, 0.2) is 0 Å². The maximum Gasteiger partial charge on any atom is 0.404 e. The zero-order valence-electron chi connectivity index (χ0n) is 16.3. The number of aliphatic hydroxyl groups excluding tert-OH is 2. The number of benzene rings is 2. The standard InChI is InChI=1S/C8H9NO2.C6H5F.C3H8.2CH3NOS/c9-8(10)11-6-7-4-2-1-3-5-7;7-6-4-2-1-3-5-6;1-3-2;2*2-1(3)4/h1-5H,6H2,(H2,9,10);1-5H;3H2,1-2H3;2*(H3,2,3,4). The summed E-state index contributed by atoms with van der Waals surface area (Å²) in [5.74, 6) is -0.178. The normalized spacial score (nSPS) is 7.83. The van der Waals surface area contributed by atoms with Crippen molar-refractivity contribution in [3.8, 4) is 0 Å². The van der Waals surface area contributed by atoms with Crippen molar-refractivity contribution < 1.29 is 24.1 Å². The van der Waals surface area contributed by atoms with Crippen LogP contribution in [0.1, 0.15) is 25.8 Å². The lowest BCUT2D eigenvalue weighted by atomic mass is 10.2. The topological polar surface area (TPSA) is 145 Å². The maximum absolute atomic E-state index is 11.9. The van der Waals surface area contributed by atoms with E-state index in [-0.39, 0.29) is 12.4 Å². The average molecular weight is 446 g/mol. The van der Waals surface area contributed by atoms with Gasteiger partial charge in [-0.25, -0.2) is 9.18 Å². The number of thiocarbonyl (C=S) groups is 2. The van der Waals surface area contributed by atoms with Crippen molar-refractivity contribution in [3.05, 3.63) is 72.0 Å². The van der Waals surface area contributed by atoms with Crippen molar-refractivity contribution in [1.82, 2.24) is 0 Å². The molecule has 0 aliphatic rings. The van der Waals surface area contributed by atoms with Crippen LogP contribution in [0.3, 0.4) is 0 Å². The Morgan fingerprint density at radius 2 is 1.21 bits per heavy atom. The number of hydrogen-bond acceptors (Lipinski definition) is 4. The number of rotatable bonds is 2. The first kappa shape index (κ1) is 30.7. The molecule has 162 valence electrons. The van der Waals surface area contributed by atoms with Crippen LogP contribution in [0, 0.1) is 5.82 Å². The Morgan fingerprint density at radius 3 is 1.45 bits per heavy atom. The van der Waals surface area contributed by atoms with Gasteiger partial charge in [0, 0.05) is 0 Å². The van der Waals surface area contributed by atoms with Gasteiger partial charge in [-0.1, -0.05) is 68.8 Å². The number of carbonyl (C=O) groups is 1. The second-order valence-corrected chi connectivity index (χ2v) is 5.61. The molecule has 0 saturated carbocycles. The molecule has 0 bridgehead atoms. The smallest absolute Gasteiger partial charge is 0.404 e. The molecular weight excluding hydrogens is 417 g/mol. The van der Waals surface area contributed by atoms with Gasteiger partial charge in [-0.05, 0) is 42.1 Å². The molecule has 0 saturated heterocycles. The molecule has 7 nitrogen and oxygen atoms in total. The highest BCUT2D eigenvalue weighted by atomic mass is 32.1. The summed E-state index contributed by atoms with van der Waals surface area (Å²) >= 11 is 7.74. The number of nitrogens with two attached hydrogens (primary N) is 3. The Kier molecular flexibility index (Phi) is 24.4. The van der Waals surface area contributed by atoms with Gasteiger partial charge in [0.1, 0.15) is 12.4 Å². The summed E-state index contributed by atoms with van der Waals surface area (Å²) in [4.78, 5) is 10.2. The van der Waals surface area contributed by atoms with Gasteiger partial charge < -0.3 is 32.2 Å². The van der Waals surface area contributed by atoms with E-state index in [4.69, 9.17) is 15.9 Å². The summed E-state index contributed by atoms with van der Waals surface area (Å²) in [5.41, 5.74) is 14.5. The lowest BCUT2D eigenvalue weighted by Crippen LogP contribution is -2.12. The summed E-state index contributed by atoms with van der Waals surface area (Å²) in [6.07, 6.45) is 0.508. The predicted octanol–water partition coefficient (Wildman–Crippen LogP) is 4.10. The molecule has 0 aliphatic carbocycles. The summed E-state index contributed by atoms with van der Waals surface area (Å²) in [7, 11) is 0. The number of hydrogen-bond donors (Lipinski definition) is 5. The van der Waals surface area contributed by atoms with Crippen molar-refractivity contribution in [3.63, 3.8) is 0 Å². The molecule has 10 heteroatoms. The first-order chi connectivity index (χ1) is 13.6. The van der Waals surface area contributed by atoms with E-state index in [0.717, 1.165) is 5.56 Å². The quantitative estimate of drug-likeness (QED) is 0.434. The van der Waals surface area contributed by atoms with Crippen LogP contribution in [0.15, 0.2) is 60.7 Å². The minimum atomic E-state index is -0.742. The molecule has 0 atom stereocenters. The SMILES string of the molecule is CCC.Fc1ccccc1.NC(=O)OCc1ccccc1.NC(O)=S.NC(O)=S. The van der Waals surface area contributed by atoms with E-state index in [2.05, 4.69) is 54.5 Å². The number of ether oxygens (including phenoxy) is 1.